The van der Waals surface area contributed by atoms with Gasteiger partial charge in [0.25, 0.3) is 0 Å². The number of nitrogens with zero attached hydrogens (tertiary/aromatic N) is 4. The maximum absolute atomic E-state index is 5.04. The van der Waals surface area contributed by atoms with Crippen molar-refractivity contribution >= 4 is 0 Å². The lowest BCUT2D eigenvalue weighted by atomic mass is 10.1. The number of tetrazole rings is 1. The Morgan fingerprint density at radius 2 is 2.25 bits per heavy atom. The molecule has 1 N–H and O–H groups in total. The summed E-state index contributed by atoms with van der Waals surface area (Å²) >= 11 is 0. The largest absolute Gasteiger partial charge is 0.385 e. The first-order valence-corrected chi connectivity index (χ1v) is 6.87. The first-order chi connectivity index (χ1) is 9.81. The number of hydrogen-bond acceptors (Lipinski definition) is 5. The summed E-state index contributed by atoms with van der Waals surface area (Å²) in [4.78, 5) is 0. The van der Waals surface area contributed by atoms with E-state index >= 15 is 0 Å². The maximum atomic E-state index is 5.04. The molecule has 20 heavy (non-hydrogen) atoms. The monoisotopic (exact) mass is 275 g/mol. The van der Waals surface area contributed by atoms with Crippen molar-refractivity contribution < 1.29 is 4.74 Å². The van der Waals surface area contributed by atoms with E-state index in [1.165, 1.54) is 5.56 Å². The second kappa shape index (κ2) is 7.72. The summed E-state index contributed by atoms with van der Waals surface area (Å²) in [6, 6.07) is 8.53. The highest BCUT2D eigenvalue weighted by Gasteiger charge is 2.06. The number of aromatic nitrogens is 4. The van der Waals surface area contributed by atoms with Gasteiger partial charge in [-0.2, -0.15) is 0 Å². The van der Waals surface area contributed by atoms with Gasteiger partial charge in [0.05, 0.1) is 5.69 Å². The van der Waals surface area contributed by atoms with Gasteiger partial charge in [-0.3, -0.25) is 0 Å². The molecule has 1 unspecified atom stereocenters. The zero-order valence-corrected chi connectivity index (χ0v) is 12.0. The minimum Gasteiger partial charge on any atom is -0.385 e. The van der Waals surface area contributed by atoms with E-state index in [4.69, 9.17) is 4.74 Å². The van der Waals surface area contributed by atoms with Crippen LogP contribution >= 0.6 is 0 Å². The Morgan fingerprint density at radius 1 is 1.35 bits per heavy atom. The number of methoxy groups -OCH3 is 1. The van der Waals surface area contributed by atoms with E-state index < -0.39 is 0 Å². The average molecular weight is 275 g/mol. The molecule has 1 aromatic carbocycles. The maximum Gasteiger partial charge on any atom is 0.143 e. The molecule has 0 fully saturated rings. The number of benzene rings is 1. The van der Waals surface area contributed by atoms with Gasteiger partial charge in [-0.1, -0.05) is 12.1 Å². The highest BCUT2D eigenvalue weighted by Crippen LogP contribution is 2.16. The number of rotatable bonds is 8. The van der Waals surface area contributed by atoms with Crippen molar-refractivity contribution in [2.75, 3.05) is 20.3 Å². The molecule has 0 aliphatic heterocycles. The van der Waals surface area contributed by atoms with Crippen molar-refractivity contribution in [3.63, 3.8) is 0 Å². The zero-order chi connectivity index (χ0) is 14.2. The Bertz CT molecular complexity index is 500. The topological polar surface area (TPSA) is 64.9 Å². The summed E-state index contributed by atoms with van der Waals surface area (Å²) in [6.07, 6.45) is 3.80. The van der Waals surface area contributed by atoms with E-state index in [9.17, 15) is 0 Å². The lowest BCUT2D eigenvalue weighted by Gasteiger charge is -2.15. The molecule has 1 heterocycles. The molecule has 6 heteroatoms. The number of hydrogen-bond donors (Lipinski definition) is 1. The highest BCUT2D eigenvalue weighted by molar-refractivity contribution is 5.35. The van der Waals surface area contributed by atoms with Crippen LogP contribution in [0.1, 0.15) is 31.4 Å². The fraction of sp³-hybridized carbons (Fsp3) is 0.500. The number of ether oxygens (including phenoxy) is 1. The predicted molar refractivity (Wildman–Crippen MR) is 76.7 cm³/mol. The molecular weight excluding hydrogens is 254 g/mol. The molecule has 0 spiro atoms. The van der Waals surface area contributed by atoms with Gasteiger partial charge in [-0.05, 0) is 54.4 Å². The summed E-state index contributed by atoms with van der Waals surface area (Å²) in [5.74, 6) is 0. The first-order valence-electron chi connectivity index (χ1n) is 6.87. The van der Waals surface area contributed by atoms with Crippen molar-refractivity contribution in [3.05, 3.63) is 36.2 Å². The Morgan fingerprint density at radius 3 is 3.00 bits per heavy atom. The van der Waals surface area contributed by atoms with E-state index in [0.29, 0.717) is 6.04 Å². The number of nitrogens with one attached hydrogen (secondary N) is 1. The van der Waals surface area contributed by atoms with E-state index in [0.717, 1.165) is 31.7 Å². The van der Waals surface area contributed by atoms with E-state index in [-0.39, 0.29) is 0 Å². The molecule has 2 rings (SSSR count). The molecule has 1 atom stereocenters. The molecule has 0 bridgehead atoms. The van der Waals surface area contributed by atoms with Gasteiger partial charge in [-0.15, -0.1) is 5.10 Å². The summed E-state index contributed by atoms with van der Waals surface area (Å²) in [5.41, 5.74) is 2.20. The zero-order valence-electron chi connectivity index (χ0n) is 12.0. The third-order valence-electron chi connectivity index (χ3n) is 3.21. The van der Waals surface area contributed by atoms with Crippen LogP contribution in [0.2, 0.25) is 0 Å². The van der Waals surface area contributed by atoms with Crippen LogP contribution in [0.5, 0.6) is 0 Å². The van der Waals surface area contributed by atoms with Crippen molar-refractivity contribution in [1.29, 1.82) is 0 Å². The summed E-state index contributed by atoms with van der Waals surface area (Å²) in [7, 11) is 1.74. The predicted octanol–water partition coefficient (Wildman–Crippen LogP) is 1.74. The van der Waals surface area contributed by atoms with E-state index in [1.54, 1.807) is 18.1 Å². The lowest BCUT2D eigenvalue weighted by Crippen LogP contribution is -2.20. The summed E-state index contributed by atoms with van der Waals surface area (Å²) in [5, 5.41) is 14.7. The second-order valence-corrected chi connectivity index (χ2v) is 4.73. The molecule has 2 aromatic rings. The fourth-order valence-corrected chi connectivity index (χ4v) is 2.02. The summed E-state index contributed by atoms with van der Waals surface area (Å²) < 4.78 is 6.70. The molecule has 0 amide bonds. The molecule has 0 saturated carbocycles. The number of unbranched alkanes of at least 4 members (excludes halogenated alkanes) is 1. The van der Waals surface area contributed by atoms with Gasteiger partial charge in [0.15, 0.2) is 0 Å². The van der Waals surface area contributed by atoms with Gasteiger partial charge in [0.1, 0.15) is 6.33 Å². The van der Waals surface area contributed by atoms with Crippen LogP contribution in [0, 0.1) is 0 Å². The minimum atomic E-state index is 0.300. The van der Waals surface area contributed by atoms with Gasteiger partial charge < -0.3 is 10.1 Å². The van der Waals surface area contributed by atoms with Crippen LogP contribution in [0.3, 0.4) is 0 Å². The third kappa shape index (κ3) is 4.11. The van der Waals surface area contributed by atoms with Gasteiger partial charge >= 0.3 is 0 Å². The van der Waals surface area contributed by atoms with Crippen LogP contribution in [-0.4, -0.2) is 40.5 Å². The normalized spacial score (nSPS) is 12.5. The van der Waals surface area contributed by atoms with Gasteiger partial charge in [-0.25, -0.2) is 4.68 Å². The highest BCUT2D eigenvalue weighted by atomic mass is 16.5. The SMILES string of the molecule is COCCCCNC(C)c1cccc(-n2cnnn2)c1. The van der Waals surface area contributed by atoms with Crippen molar-refractivity contribution in [2.24, 2.45) is 0 Å². The van der Waals surface area contributed by atoms with Crippen LogP contribution < -0.4 is 5.32 Å². The first kappa shape index (κ1) is 14.6. The molecule has 0 aliphatic carbocycles. The van der Waals surface area contributed by atoms with Crippen LogP contribution in [-0.2, 0) is 4.74 Å². The molecular formula is C14H21N5O. The molecule has 0 radical (unpaired) electrons. The average Bonchev–Trinajstić information content (AvgIpc) is 3.01. The smallest absolute Gasteiger partial charge is 0.143 e. The standard InChI is InChI=1S/C14H21N5O/c1-12(15-8-3-4-9-20-2)13-6-5-7-14(10-13)19-11-16-17-18-19/h5-7,10-12,15H,3-4,8-9H2,1-2H3. The fourth-order valence-electron chi connectivity index (χ4n) is 2.02. The molecule has 6 nitrogen and oxygen atoms in total. The lowest BCUT2D eigenvalue weighted by molar-refractivity contribution is 0.192. The molecule has 0 aliphatic rings. The Labute approximate surface area is 119 Å². The Balaban J connectivity index is 1.90. The van der Waals surface area contributed by atoms with Gasteiger partial charge in [0, 0.05) is 19.8 Å². The molecule has 0 saturated heterocycles. The third-order valence-corrected chi connectivity index (χ3v) is 3.21. The quantitative estimate of drug-likeness (QED) is 0.743. The molecule has 108 valence electrons. The molecule has 1 aromatic heterocycles. The van der Waals surface area contributed by atoms with Crippen LogP contribution in [0.4, 0.5) is 0 Å². The Hall–Kier alpha value is -1.79. The van der Waals surface area contributed by atoms with Crippen molar-refractivity contribution in [2.45, 2.75) is 25.8 Å². The van der Waals surface area contributed by atoms with E-state index in [2.05, 4.69) is 39.9 Å². The van der Waals surface area contributed by atoms with Crippen molar-refractivity contribution in [3.8, 4) is 5.69 Å². The van der Waals surface area contributed by atoms with Crippen LogP contribution in [0.25, 0.3) is 5.69 Å². The minimum absolute atomic E-state index is 0.300. The van der Waals surface area contributed by atoms with E-state index in [1.807, 2.05) is 12.1 Å². The van der Waals surface area contributed by atoms with Gasteiger partial charge in [0.2, 0.25) is 0 Å². The Kier molecular flexibility index (Phi) is 5.64. The van der Waals surface area contributed by atoms with Crippen molar-refractivity contribution in [1.82, 2.24) is 25.5 Å². The van der Waals surface area contributed by atoms with Crippen LogP contribution in [0.15, 0.2) is 30.6 Å². The summed E-state index contributed by atoms with van der Waals surface area (Å²) in [6.45, 7) is 3.97. The second-order valence-electron chi connectivity index (χ2n) is 4.73.